The highest BCUT2D eigenvalue weighted by molar-refractivity contribution is 6.26. The van der Waals surface area contributed by atoms with Crippen molar-refractivity contribution in [1.82, 2.24) is 4.73 Å². The molecule has 0 atom stereocenters. The van der Waals surface area contributed by atoms with Crippen LogP contribution in [0.1, 0.15) is 22.3 Å². The minimum atomic E-state index is -0.258. The number of nitrogens with two attached hydrogens (primary N) is 1. The van der Waals surface area contributed by atoms with Crippen LogP contribution in [-0.4, -0.2) is 23.7 Å². The van der Waals surface area contributed by atoms with Crippen LogP contribution in [0, 0.1) is 0 Å². The number of nitrogens with zero attached hydrogens (tertiary/aromatic N) is 1. The Balaban J connectivity index is 2.07. The summed E-state index contributed by atoms with van der Waals surface area (Å²) in [5, 5.41) is 1.14. The molecule has 0 spiro atoms. The van der Waals surface area contributed by atoms with E-state index < -0.39 is 0 Å². The third-order valence-corrected chi connectivity index (χ3v) is 4.27. The van der Waals surface area contributed by atoms with Gasteiger partial charge in [0.1, 0.15) is 12.3 Å². The lowest BCUT2D eigenvalue weighted by molar-refractivity contribution is 0.101. The second kappa shape index (κ2) is 5.62. The van der Waals surface area contributed by atoms with Gasteiger partial charge in [0.25, 0.3) is 5.56 Å². The zero-order valence-corrected chi connectivity index (χ0v) is 13.0. The zero-order valence-electron chi connectivity index (χ0n) is 13.0. The van der Waals surface area contributed by atoms with Crippen molar-refractivity contribution < 1.29 is 9.63 Å². The predicted molar refractivity (Wildman–Crippen MR) is 92.2 cm³/mol. The summed E-state index contributed by atoms with van der Waals surface area (Å²) < 4.78 is 1.26. The fourth-order valence-corrected chi connectivity index (χ4v) is 3.19. The van der Waals surface area contributed by atoms with Crippen LogP contribution < -0.4 is 16.1 Å². The molecule has 0 unspecified atom stereocenters. The minimum Gasteiger partial charge on any atom is -0.410 e. The van der Waals surface area contributed by atoms with E-state index in [9.17, 15) is 9.59 Å². The van der Waals surface area contributed by atoms with Crippen LogP contribution in [0.5, 0.6) is 0 Å². The summed E-state index contributed by atoms with van der Waals surface area (Å²) in [6.45, 7) is 0.789. The molecule has 2 N–H and O–H groups in total. The molecule has 0 radical (unpaired) electrons. The second-order valence-corrected chi connectivity index (χ2v) is 5.72. The van der Waals surface area contributed by atoms with E-state index in [1.165, 1.54) is 4.73 Å². The molecule has 4 rings (SSSR count). The van der Waals surface area contributed by atoms with Crippen molar-refractivity contribution in [2.75, 3.05) is 13.2 Å². The van der Waals surface area contributed by atoms with Crippen molar-refractivity contribution in [3.05, 3.63) is 70.0 Å². The van der Waals surface area contributed by atoms with Crippen LogP contribution in [0.25, 0.3) is 22.0 Å². The molecule has 0 saturated heterocycles. The molecule has 1 aliphatic carbocycles. The van der Waals surface area contributed by atoms with E-state index in [0.29, 0.717) is 47.2 Å². The first-order valence-corrected chi connectivity index (χ1v) is 7.89. The Kier molecular flexibility index (Phi) is 3.43. The maximum absolute atomic E-state index is 12.9. The molecule has 2 aromatic carbocycles. The summed E-state index contributed by atoms with van der Waals surface area (Å²) >= 11 is 0. The van der Waals surface area contributed by atoms with Gasteiger partial charge in [-0.1, -0.05) is 42.5 Å². The van der Waals surface area contributed by atoms with Gasteiger partial charge in [-0.15, -0.1) is 4.73 Å². The van der Waals surface area contributed by atoms with Crippen molar-refractivity contribution in [2.24, 2.45) is 5.73 Å². The maximum atomic E-state index is 12.9. The number of rotatable bonds is 4. The van der Waals surface area contributed by atoms with E-state index in [1.54, 1.807) is 18.2 Å². The first-order valence-electron chi connectivity index (χ1n) is 7.89. The molecule has 0 saturated carbocycles. The third-order valence-electron chi connectivity index (χ3n) is 4.27. The highest BCUT2D eigenvalue weighted by atomic mass is 16.7. The number of ketones is 1. The summed E-state index contributed by atoms with van der Waals surface area (Å²) in [6.07, 6.45) is 0.629. The molecule has 0 aliphatic heterocycles. The van der Waals surface area contributed by atoms with E-state index >= 15 is 0 Å². The summed E-state index contributed by atoms with van der Waals surface area (Å²) in [5.41, 5.74) is 7.64. The first-order chi connectivity index (χ1) is 11.7. The van der Waals surface area contributed by atoms with Crippen molar-refractivity contribution in [1.29, 1.82) is 0 Å². The maximum Gasteiger partial charge on any atom is 0.291 e. The molecular formula is C19H16N2O3. The highest BCUT2D eigenvalue weighted by Gasteiger charge is 2.33. The van der Waals surface area contributed by atoms with Gasteiger partial charge in [-0.2, -0.15) is 0 Å². The summed E-state index contributed by atoms with van der Waals surface area (Å²) in [5.74, 6) is -0.0759. The van der Waals surface area contributed by atoms with Crippen molar-refractivity contribution in [3.63, 3.8) is 0 Å². The van der Waals surface area contributed by atoms with Crippen LogP contribution in [0.15, 0.2) is 53.3 Å². The lowest BCUT2D eigenvalue weighted by Crippen LogP contribution is -2.30. The topological polar surface area (TPSA) is 74.3 Å². The van der Waals surface area contributed by atoms with Gasteiger partial charge < -0.3 is 10.6 Å². The summed E-state index contributed by atoms with van der Waals surface area (Å²) in [6, 6.07) is 14.4. The monoisotopic (exact) mass is 320 g/mol. The number of pyridine rings is 1. The molecule has 0 amide bonds. The number of hydrogen-bond donors (Lipinski definition) is 1. The Morgan fingerprint density at radius 2 is 1.58 bits per heavy atom. The van der Waals surface area contributed by atoms with Crippen molar-refractivity contribution >= 4 is 16.6 Å². The van der Waals surface area contributed by atoms with E-state index in [4.69, 9.17) is 10.6 Å². The number of carbonyl (C=O) groups is 1. The Bertz CT molecular complexity index is 1020. The number of fused-ring (bicyclic) bond motifs is 5. The van der Waals surface area contributed by atoms with Crippen molar-refractivity contribution in [2.45, 2.75) is 6.42 Å². The molecule has 0 fully saturated rings. The molecule has 5 heteroatoms. The average molecular weight is 320 g/mol. The average Bonchev–Trinajstić information content (AvgIpc) is 2.91. The van der Waals surface area contributed by atoms with Gasteiger partial charge in [0, 0.05) is 16.5 Å². The molecule has 0 bridgehead atoms. The molecular weight excluding hydrogens is 304 g/mol. The molecule has 1 heterocycles. The van der Waals surface area contributed by atoms with Gasteiger partial charge >= 0.3 is 0 Å². The van der Waals surface area contributed by atoms with Gasteiger partial charge in [0.2, 0.25) is 0 Å². The van der Waals surface area contributed by atoms with Gasteiger partial charge in [0.05, 0.1) is 10.9 Å². The van der Waals surface area contributed by atoms with Gasteiger partial charge in [-0.3, -0.25) is 9.59 Å². The van der Waals surface area contributed by atoms with Crippen LogP contribution >= 0.6 is 0 Å². The molecule has 120 valence electrons. The molecule has 5 nitrogen and oxygen atoms in total. The van der Waals surface area contributed by atoms with Crippen LogP contribution in [0.3, 0.4) is 0 Å². The largest absolute Gasteiger partial charge is 0.410 e. The zero-order chi connectivity index (χ0) is 16.7. The number of benzene rings is 2. The van der Waals surface area contributed by atoms with E-state index in [-0.39, 0.29) is 11.3 Å². The standard InChI is InChI=1S/C19H16N2O3/c20-10-5-11-24-21-17-13-7-2-3-8-14(13)18(22)16(17)12-6-1-4-9-15(12)19(21)23/h1-4,6-9H,5,10-11,20H2. The number of carbonyl (C=O) groups excluding carboxylic acids is 1. The lowest BCUT2D eigenvalue weighted by Gasteiger charge is -2.15. The Morgan fingerprint density at radius 3 is 2.33 bits per heavy atom. The molecule has 3 aromatic rings. The van der Waals surface area contributed by atoms with E-state index in [0.717, 1.165) is 5.56 Å². The van der Waals surface area contributed by atoms with Crippen LogP contribution in [0.4, 0.5) is 0 Å². The molecule has 24 heavy (non-hydrogen) atoms. The number of hydrogen-bond acceptors (Lipinski definition) is 4. The Hall–Kier alpha value is -2.92. The minimum absolute atomic E-state index is 0.0759. The van der Waals surface area contributed by atoms with E-state index in [2.05, 4.69) is 0 Å². The fourth-order valence-electron chi connectivity index (χ4n) is 3.19. The SMILES string of the molecule is NCCCOn1c2c(c3ccccc3c1=O)C(=O)c1ccccc1-2. The Morgan fingerprint density at radius 1 is 0.917 bits per heavy atom. The number of aromatic nitrogens is 1. The smallest absolute Gasteiger partial charge is 0.291 e. The van der Waals surface area contributed by atoms with Gasteiger partial charge in [0.15, 0.2) is 5.78 Å². The van der Waals surface area contributed by atoms with Crippen LogP contribution in [-0.2, 0) is 0 Å². The van der Waals surface area contributed by atoms with Crippen molar-refractivity contribution in [3.8, 4) is 11.3 Å². The normalized spacial score (nSPS) is 12.3. The van der Waals surface area contributed by atoms with Gasteiger partial charge in [-0.05, 0) is 19.0 Å². The quantitative estimate of drug-likeness (QED) is 0.584. The molecule has 1 aliphatic rings. The lowest BCUT2D eigenvalue weighted by atomic mass is 10.0. The third kappa shape index (κ3) is 1.98. The fraction of sp³-hybridized carbons (Fsp3) is 0.158. The van der Waals surface area contributed by atoms with E-state index in [1.807, 2.05) is 30.3 Å². The Labute approximate surface area is 138 Å². The highest BCUT2D eigenvalue weighted by Crippen LogP contribution is 2.38. The van der Waals surface area contributed by atoms with Crippen LogP contribution in [0.2, 0.25) is 0 Å². The summed E-state index contributed by atoms with van der Waals surface area (Å²) in [4.78, 5) is 31.5. The second-order valence-electron chi connectivity index (χ2n) is 5.72. The predicted octanol–water partition coefficient (Wildman–Crippen LogP) is 1.99. The summed E-state index contributed by atoms with van der Waals surface area (Å²) in [7, 11) is 0. The first kappa shape index (κ1) is 14.7. The molecule has 1 aromatic heterocycles. The van der Waals surface area contributed by atoms with Gasteiger partial charge in [-0.25, -0.2) is 0 Å².